The molecule has 0 aliphatic heterocycles. The molecule has 35 heavy (non-hydrogen) atoms. The fourth-order valence-electron chi connectivity index (χ4n) is 4.48. The number of hydrogen-bond donors (Lipinski definition) is 0. The van der Waals surface area contributed by atoms with E-state index in [1.54, 1.807) is 4.57 Å². The van der Waals surface area contributed by atoms with E-state index >= 15 is 0 Å². The second kappa shape index (κ2) is 10.7. The van der Waals surface area contributed by atoms with Crippen molar-refractivity contribution in [3.05, 3.63) is 106 Å². The van der Waals surface area contributed by atoms with Crippen LogP contribution in [0.5, 0.6) is 0 Å². The molecule has 0 aliphatic rings. The molecule has 1 amide bonds. The number of benzene rings is 3. The number of carbonyl (C=O) groups excluding carboxylic acids is 1. The summed E-state index contributed by atoms with van der Waals surface area (Å²) in [4.78, 5) is 34.4. The van der Waals surface area contributed by atoms with Gasteiger partial charge in [0.1, 0.15) is 5.82 Å². The van der Waals surface area contributed by atoms with Gasteiger partial charge in [0.25, 0.3) is 11.5 Å². The number of aromatic nitrogens is 2. The zero-order valence-corrected chi connectivity index (χ0v) is 21.0. The van der Waals surface area contributed by atoms with Gasteiger partial charge >= 0.3 is 0 Å². The first-order chi connectivity index (χ1) is 16.9. The van der Waals surface area contributed by atoms with Crippen LogP contribution in [0.15, 0.2) is 77.6 Å². The van der Waals surface area contributed by atoms with E-state index < -0.39 is 6.04 Å². The minimum Gasteiger partial charge on any atom is -0.329 e. The second-order valence-corrected chi connectivity index (χ2v) is 9.16. The Kier molecular flexibility index (Phi) is 7.45. The van der Waals surface area contributed by atoms with Crippen LogP contribution < -0.4 is 5.56 Å². The van der Waals surface area contributed by atoms with Crippen LogP contribution in [0.25, 0.3) is 16.6 Å². The van der Waals surface area contributed by atoms with E-state index in [9.17, 15) is 9.59 Å². The Morgan fingerprint density at radius 3 is 2.34 bits per heavy atom. The molecule has 1 atom stereocenters. The predicted octanol–water partition coefficient (Wildman–Crippen LogP) is 6.40. The molecule has 0 saturated carbocycles. The van der Waals surface area contributed by atoms with Crippen LogP contribution >= 0.6 is 0 Å². The van der Waals surface area contributed by atoms with Gasteiger partial charge in [0.2, 0.25) is 0 Å². The second-order valence-electron chi connectivity index (χ2n) is 9.16. The maximum absolute atomic E-state index is 13.8. The third-order valence-electron chi connectivity index (χ3n) is 6.56. The predicted molar refractivity (Wildman–Crippen MR) is 142 cm³/mol. The summed E-state index contributed by atoms with van der Waals surface area (Å²) in [5.74, 6) is 0.521. The molecule has 180 valence electrons. The van der Waals surface area contributed by atoms with Gasteiger partial charge in [-0.05, 0) is 63.1 Å². The fourth-order valence-corrected chi connectivity index (χ4v) is 4.48. The number of para-hydroxylation sites is 2. The third-order valence-corrected chi connectivity index (χ3v) is 6.56. The maximum atomic E-state index is 13.8. The third kappa shape index (κ3) is 5.04. The lowest BCUT2D eigenvalue weighted by Crippen LogP contribution is -2.38. The van der Waals surface area contributed by atoms with Gasteiger partial charge in [-0.2, -0.15) is 0 Å². The molecular formula is C30H33N3O2. The van der Waals surface area contributed by atoms with E-state index in [4.69, 9.17) is 4.98 Å². The first-order valence-electron chi connectivity index (χ1n) is 12.4. The Bertz CT molecular complexity index is 1390. The van der Waals surface area contributed by atoms with E-state index in [1.807, 2.05) is 98.5 Å². The molecule has 4 aromatic rings. The van der Waals surface area contributed by atoms with Gasteiger partial charge in [0, 0.05) is 12.1 Å². The highest BCUT2D eigenvalue weighted by Crippen LogP contribution is 2.26. The van der Waals surface area contributed by atoms with Crippen LogP contribution in [0.3, 0.4) is 0 Å². The number of aryl methyl sites for hydroxylation is 2. The first kappa shape index (κ1) is 24.4. The van der Waals surface area contributed by atoms with Crippen LogP contribution in [-0.4, -0.2) is 26.9 Å². The van der Waals surface area contributed by atoms with Crippen molar-refractivity contribution in [1.82, 2.24) is 14.5 Å². The van der Waals surface area contributed by atoms with Crippen molar-refractivity contribution < 1.29 is 4.79 Å². The highest BCUT2D eigenvalue weighted by atomic mass is 16.2. The van der Waals surface area contributed by atoms with Crippen molar-refractivity contribution in [1.29, 1.82) is 0 Å². The summed E-state index contributed by atoms with van der Waals surface area (Å²) < 4.78 is 1.69. The molecule has 4 rings (SSSR count). The minimum absolute atomic E-state index is 0.0488. The summed E-state index contributed by atoms with van der Waals surface area (Å²) in [7, 11) is 0. The van der Waals surface area contributed by atoms with Gasteiger partial charge in [-0.3, -0.25) is 14.2 Å². The molecule has 1 heterocycles. The molecule has 0 N–H and O–H groups in total. The number of carbonyl (C=O) groups is 1. The Morgan fingerprint density at radius 2 is 1.63 bits per heavy atom. The number of amides is 1. The Labute approximate surface area is 207 Å². The lowest BCUT2D eigenvalue weighted by molar-refractivity contribution is 0.0677. The van der Waals surface area contributed by atoms with Crippen LogP contribution in [0.1, 0.15) is 66.5 Å². The molecule has 5 nitrogen and oxygen atoms in total. The van der Waals surface area contributed by atoms with Crippen molar-refractivity contribution in [2.45, 2.75) is 53.0 Å². The van der Waals surface area contributed by atoms with Gasteiger partial charge in [-0.1, -0.05) is 67.8 Å². The molecule has 0 aliphatic carbocycles. The summed E-state index contributed by atoms with van der Waals surface area (Å²) >= 11 is 0. The average Bonchev–Trinajstić information content (AvgIpc) is 2.87. The van der Waals surface area contributed by atoms with E-state index in [2.05, 4.69) is 6.92 Å². The maximum Gasteiger partial charge on any atom is 0.266 e. The Balaban J connectivity index is 1.89. The van der Waals surface area contributed by atoms with Gasteiger partial charge in [0.15, 0.2) is 0 Å². The van der Waals surface area contributed by atoms with Crippen molar-refractivity contribution in [2.75, 3.05) is 6.54 Å². The molecule has 1 aromatic heterocycles. The SMILES string of the molecule is CCCCCN(C(=O)c1ccc(C)cc1)C(C)c1nc2ccccc2c(=O)n1-c1ccccc1C. The van der Waals surface area contributed by atoms with Crippen LogP contribution in [-0.2, 0) is 0 Å². The molecule has 0 bridgehead atoms. The molecule has 0 radical (unpaired) electrons. The van der Waals surface area contributed by atoms with Crippen LogP contribution in [0.4, 0.5) is 0 Å². The zero-order valence-electron chi connectivity index (χ0n) is 21.0. The number of rotatable bonds is 8. The first-order valence-corrected chi connectivity index (χ1v) is 12.4. The zero-order chi connectivity index (χ0) is 24.9. The highest BCUT2D eigenvalue weighted by Gasteiger charge is 2.27. The van der Waals surface area contributed by atoms with E-state index in [1.165, 1.54) is 0 Å². The smallest absolute Gasteiger partial charge is 0.266 e. The number of nitrogens with zero attached hydrogens (tertiary/aromatic N) is 3. The van der Waals surface area contributed by atoms with Gasteiger partial charge in [0.05, 0.1) is 22.6 Å². The van der Waals surface area contributed by atoms with Gasteiger partial charge < -0.3 is 4.90 Å². The van der Waals surface area contributed by atoms with Crippen molar-refractivity contribution >= 4 is 16.8 Å². The molecular weight excluding hydrogens is 434 g/mol. The summed E-state index contributed by atoms with van der Waals surface area (Å²) in [6.45, 7) is 8.72. The number of fused-ring (bicyclic) bond motifs is 1. The monoisotopic (exact) mass is 467 g/mol. The normalized spacial score (nSPS) is 12.0. The molecule has 3 aromatic carbocycles. The molecule has 1 unspecified atom stereocenters. The molecule has 5 heteroatoms. The van der Waals surface area contributed by atoms with Crippen molar-refractivity contribution in [2.24, 2.45) is 0 Å². The fraction of sp³-hybridized carbons (Fsp3) is 0.300. The molecule has 0 fully saturated rings. The molecule has 0 spiro atoms. The Morgan fingerprint density at radius 1 is 0.943 bits per heavy atom. The van der Waals surface area contributed by atoms with E-state index in [-0.39, 0.29) is 11.5 Å². The van der Waals surface area contributed by atoms with Crippen LogP contribution in [0, 0.1) is 13.8 Å². The Hall–Kier alpha value is -3.73. The van der Waals surface area contributed by atoms with E-state index in [0.29, 0.717) is 28.8 Å². The topological polar surface area (TPSA) is 55.2 Å². The minimum atomic E-state index is -0.405. The largest absolute Gasteiger partial charge is 0.329 e. The molecule has 0 saturated heterocycles. The summed E-state index contributed by atoms with van der Waals surface area (Å²) in [6, 6.07) is 22.5. The van der Waals surface area contributed by atoms with Gasteiger partial charge in [-0.25, -0.2) is 4.98 Å². The lowest BCUT2D eigenvalue weighted by Gasteiger charge is -2.31. The van der Waals surface area contributed by atoms with Crippen LogP contribution in [0.2, 0.25) is 0 Å². The number of hydrogen-bond acceptors (Lipinski definition) is 3. The summed E-state index contributed by atoms with van der Waals surface area (Å²) in [5.41, 5.74) is 4.03. The quantitative estimate of drug-likeness (QED) is 0.282. The summed E-state index contributed by atoms with van der Waals surface area (Å²) in [5, 5.41) is 0.564. The highest BCUT2D eigenvalue weighted by molar-refractivity contribution is 5.94. The summed E-state index contributed by atoms with van der Waals surface area (Å²) in [6.07, 6.45) is 2.98. The van der Waals surface area contributed by atoms with Gasteiger partial charge in [-0.15, -0.1) is 0 Å². The standard InChI is InChI=1S/C30H33N3O2/c1-5-6-11-20-32(29(34)24-18-16-21(2)17-19-24)23(4)28-31-26-14-9-8-13-25(26)30(35)33(28)27-15-10-7-12-22(27)3/h7-10,12-19,23H,5-6,11,20H2,1-4H3. The van der Waals surface area contributed by atoms with E-state index in [0.717, 1.165) is 36.1 Å². The van der Waals surface area contributed by atoms with Crippen molar-refractivity contribution in [3.63, 3.8) is 0 Å². The average molecular weight is 468 g/mol. The number of unbranched alkanes of at least 4 members (excludes halogenated alkanes) is 2. The lowest BCUT2D eigenvalue weighted by atomic mass is 10.1. The van der Waals surface area contributed by atoms with Crippen molar-refractivity contribution in [3.8, 4) is 5.69 Å².